The minimum absolute atomic E-state index is 0.147. The Kier molecular flexibility index (Phi) is 4.45. The molecule has 2 N–H and O–H groups in total. The number of nitrogens with one attached hydrogen (secondary N) is 1. The van der Waals surface area contributed by atoms with Crippen LogP contribution in [0.4, 0.5) is 10.1 Å². The molecule has 0 bridgehead atoms. The number of carbonyl (C=O) groups excluding carboxylic acids is 1. The maximum absolute atomic E-state index is 12.9. The average molecular weight is 290 g/mol. The molecule has 0 spiro atoms. The molecule has 0 aliphatic heterocycles. The van der Waals surface area contributed by atoms with Gasteiger partial charge in [0.2, 0.25) is 5.95 Å². The largest absolute Gasteiger partial charge is 0.482 e. The van der Waals surface area contributed by atoms with Crippen LogP contribution in [-0.4, -0.2) is 28.6 Å². The van der Waals surface area contributed by atoms with Gasteiger partial charge < -0.3 is 15.2 Å². The Hall–Kier alpha value is -2.96. The molecule has 2 aromatic rings. The zero-order valence-corrected chi connectivity index (χ0v) is 10.7. The maximum Gasteiger partial charge on any atom is 0.341 e. The third-order valence-corrected chi connectivity index (χ3v) is 2.46. The lowest BCUT2D eigenvalue weighted by Gasteiger charge is -2.07. The number of benzene rings is 1. The Morgan fingerprint density at radius 2 is 1.95 bits per heavy atom. The van der Waals surface area contributed by atoms with E-state index in [0.717, 1.165) is 6.07 Å². The summed E-state index contributed by atoms with van der Waals surface area (Å²) < 4.78 is 17.9. The number of carboxylic acid groups (broad SMARTS) is 1. The van der Waals surface area contributed by atoms with Crippen LogP contribution in [0, 0.1) is 5.95 Å². The number of carbonyl (C=O) groups is 2. The second-order valence-electron chi connectivity index (χ2n) is 4.03. The van der Waals surface area contributed by atoms with Crippen molar-refractivity contribution in [1.29, 1.82) is 0 Å². The number of amides is 1. The van der Waals surface area contributed by atoms with Crippen molar-refractivity contribution in [1.82, 2.24) is 4.98 Å². The molecular weight excluding hydrogens is 279 g/mol. The van der Waals surface area contributed by atoms with Crippen LogP contribution in [-0.2, 0) is 4.79 Å². The molecule has 1 aromatic carbocycles. The van der Waals surface area contributed by atoms with Crippen molar-refractivity contribution in [3.63, 3.8) is 0 Å². The number of carboxylic acids is 1. The molecular formula is C14H11FN2O4. The molecule has 1 aromatic heterocycles. The summed E-state index contributed by atoms with van der Waals surface area (Å²) in [5.74, 6) is -1.92. The summed E-state index contributed by atoms with van der Waals surface area (Å²) in [5.41, 5.74) is 0.619. The van der Waals surface area contributed by atoms with Crippen molar-refractivity contribution in [2.75, 3.05) is 11.9 Å². The normalized spacial score (nSPS) is 9.95. The Morgan fingerprint density at radius 1 is 1.24 bits per heavy atom. The van der Waals surface area contributed by atoms with Crippen LogP contribution < -0.4 is 10.1 Å². The Balaban J connectivity index is 2.00. The van der Waals surface area contributed by atoms with Crippen LogP contribution in [0.2, 0.25) is 0 Å². The van der Waals surface area contributed by atoms with Crippen LogP contribution in [0.5, 0.6) is 5.75 Å². The molecule has 7 heteroatoms. The molecule has 0 aliphatic rings. The number of hydrogen-bond donors (Lipinski definition) is 2. The van der Waals surface area contributed by atoms with Crippen LogP contribution in [0.1, 0.15) is 10.4 Å². The molecule has 108 valence electrons. The number of aromatic nitrogens is 1. The van der Waals surface area contributed by atoms with Crippen molar-refractivity contribution in [3.8, 4) is 5.75 Å². The summed E-state index contributed by atoms with van der Waals surface area (Å²) in [6.07, 6.45) is 1.20. The fourth-order valence-electron chi connectivity index (χ4n) is 1.53. The molecule has 0 atom stereocenters. The zero-order chi connectivity index (χ0) is 15.2. The zero-order valence-electron chi connectivity index (χ0n) is 10.7. The van der Waals surface area contributed by atoms with Gasteiger partial charge in [0.15, 0.2) is 6.61 Å². The first kappa shape index (κ1) is 14.4. The minimum atomic E-state index is -1.08. The Labute approximate surface area is 119 Å². The van der Waals surface area contributed by atoms with E-state index in [1.807, 2.05) is 0 Å². The molecule has 1 heterocycles. The second-order valence-corrected chi connectivity index (χ2v) is 4.03. The summed E-state index contributed by atoms with van der Waals surface area (Å²) >= 11 is 0. The van der Waals surface area contributed by atoms with Gasteiger partial charge in [0.05, 0.1) is 0 Å². The third-order valence-electron chi connectivity index (χ3n) is 2.46. The average Bonchev–Trinajstić information content (AvgIpc) is 2.46. The highest BCUT2D eigenvalue weighted by Gasteiger charge is 2.07. The Bertz CT molecular complexity index is 658. The number of hydrogen-bond acceptors (Lipinski definition) is 4. The summed E-state index contributed by atoms with van der Waals surface area (Å²) in [7, 11) is 0. The number of pyridine rings is 1. The highest BCUT2D eigenvalue weighted by Crippen LogP contribution is 2.16. The van der Waals surface area contributed by atoms with Gasteiger partial charge in [-0.2, -0.15) is 4.39 Å². The van der Waals surface area contributed by atoms with E-state index in [1.54, 1.807) is 12.1 Å². The number of anilines is 1. The summed E-state index contributed by atoms with van der Waals surface area (Å²) in [6, 6.07) is 8.55. The van der Waals surface area contributed by atoms with E-state index < -0.39 is 24.4 Å². The van der Waals surface area contributed by atoms with Gasteiger partial charge >= 0.3 is 5.97 Å². The van der Waals surface area contributed by atoms with Crippen molar-refractivity contribution in [3.05, 3.63) is 54.1 Å². The fourth-order valence-corrected chi connectivity index (χ4v) is 1.53. The molecule has 0 fully saturated rings. The standard InChI is InChI=1S/C14H11FN2O4/c15-12-7-9(5-6-16-12)14(20)17-10-1-3-11(4-2-10)21-8-13(18)19/h1-7H,8H2,(H,17,20)(H,18,19). The van der Waals surface area contributed by atoms with Gasteiger partial charge in [-0.25, -0.2) is 9.78 Å². The van der Waals surface area contributed by atoms with Crippen LogP contribution in [0.25, 0.3) is 0 Å². The molecule has 0 saturated carbocycles. The van der Waals surface area contributed by atoms with E-state index in [4.69, 9.17) is 9.84 Å². The summed E-state index contributed by atoms with van der Waals surface area (Å²) in [5, 5.41) is 11.1. The highest BCUT2D eigenvalue weighted by molar-refractivity contribution is 6.04. The van der Waals surface area contributed by atoms with Crippen molar-refractivity contribution < 1.29 is 23.8 Å². The van der Waals surface area contributed by atoms with Gasteiger partial charge in [-0.15, -0.1) is 0 Å². The van der Waals surface area contributed by atoms with Gasteiger partial charge in [0.25, 0.3) is 5.91 Å². The quantitative estimate of drug-likeness (QED) is 0.821. The summed E-state index contributed by atoms with van der Waals surface area (Å²) in [4.78, 5) is 25.6. The maximum atomic E-state index is 12.9. The van der Waals surface area contributed by atoms with Gasteiger partial charge in [-0.05, 0) is 30.3 Å². The van der Waals surface area contributed by atoms with Gasteiger partial charge in [-0.1, -0.05) is 0 Å². The smallest absolute Gasteiger partial charge is 0.341 e. The first-order valence-electron chi connectivity index (χ1n) is 5.92. The monoisotopic (exact) mass is 290 g/mol. The van der Waals surface area contributed by atoms with Gasteiger partial charge in [-0.3, -0.25) is 4.79 Å². The first-order valence-corrected chi connectivity index (χ1v) is 5.92. The lowest BCUT2D eigenvalue weighted by molar-refractivity contribution is -0.139. The lowest BCUT2D eigenvalue weighted by Crippen LogP contribution is -2.12. The molecule has 2 rings (SSSR count). The lowest BCUT2D eigenvalue weighted by atomic mass is 10.2. The van der Waals surface area contributed by atoms with Crippen molar-refractivity contribution in [2.24, 2.45) is 0 Å². The Morgan fingerprint density at radius 3 is 2.57 bits per heavy atom. The van der Waals surface area contributed by atoms with E-state index in [0.29, 0.717) is 11.4 Å². The SMILES string of the molecule is O=C(O)COc1ccc(NC(=O)c2ccnc(F)c2)cc1. The molecule has 0 saturated heterocycles. The number of rotatable bonds is 5. The minimum Gasteiger partial charge on any atom is -0.482 e. The van der Waals surface area contributed by atoms with Crippen LogP contribution >= 0.6 is 0 Å². The van der Waals surface area contributed by atoms with E-state index in [1.165, 1.54) is 24.4 Å². The topological polar surface area (TPSA) is 88.5 Å². The summed E-state index contributed by atoms with van der Waals surface area (Å²) in [6.45, 7) is -0.442. The third kappa shape index (κ3) is 4.27. The molecule has 0 radical (unpaired) electrons. The predicted molar refractivity (Wildman–Crippen MR) is 71.7 cm³/mol. The number of nitrogens with zero attached hydrogens (tertiary/aromatic N) is 1. The second kappa shape index (κ2) is 6.47. The number of aliphatic carboxylic acids is 1. The molecule has 0 unspecified atom stereocenters. The van der Waals surface area contributed by atoms with E-state index in [2.05, 4.69) is 10.3 Å². The van der Waals surface area contributed by atoms with E-state index >= 15 is 0 Å². The molecule has 21 heavy (non-hydrogen) atoms. The van der Waals surface area contributed by atoms with Crippen LogP contribution in [0.15, 0.2) is 42.6 Å². The van der Waals surface area contributed by atoms with Crippen LogP contribution in [0.3, 0.4) is 0 Å². The number of halogens is 1. The predicted octanol–water partition coefficient (Wildman–Crippen LogP) is 1.94. The van der Waals surface area contributed by atoms with E-state index in [9.17, 15) is 14.0 Å². The molecule has 1 amide bonds. The van der Waals surface area contributed by atoms with Crippen molar-refractivity contribution in [2.45, 2.75) is 0 Å². The molecule has 0 aliphatic carbocycles. The van der Waals surface area contributed by atoms with E-state index in [-0.39, 0.29) is 5.56 Å². The first-order chi connectivity index (χ1) is 10.0. The highest BCUT2D eigenvalue weighted by atomic mass is 19.1. The van der Waals surface area contributed by atoms with Crippen molar-refractivity contribution >= 4 is 17.6 Å². The fraction of sp³-hybridized carbons (Fsp3) is 0.0714. The van der Waals surface area contributed by atoms with Gasteiger partial charge in [0.1, 0.15) is 5.75 Å². The number of ether oxygens (including phenoxy) is 1. The van der Waals surface area contributed by atoms with Gasteiger partial charge in [0, 0.05) is 23.5 Å². The molecule has 6 nitrogen and oxygen atoms in total.